The number of aliphatic hydroxyl groups excluding tert-OH is 1. The molecule has 7 nitrogen and oxygen atoms in total. The van der Waals surface area contributed by atoms with E-state index in [2.05, 4.69) is 60.7 Å². The molecule has 8 heteroatoms. The van der Waals surface area contributed by atoms with Gasteiger partial charge in [-0.15, -0.1) is 0 Å². The van der Waals surface area contributed by atoms with Gasteiger partial charge in [-0.3, -0.25) is 0 Å². The molecule has 0 saturated carbocycles. The highest BCUT2D eigenvalue weighted by Crippen LogP contribution is 2.44. The zero-order valence-electron chi connectivity index (χ0n) is 25.2. The Bertz CT molecular complexity index is 635. The molecular formula is C28H57NO6Si. The quantitative estimate of drug-likeness (QED) is 0.183. The lowest BCUT2D eigenvalue weighted by Gasteiger charge is -2.47. The summed E-state index contributed by atoms with van der Waals surface area (Å²) in [5.74, 6) is -0.453. The van der Waals surface area contributed by atoms with Gasteiger partial charge in [-0.2, -0.15) is 0 Å². The lowest BCUT2D eigenvalue weighted by atomic mass is 9.86. The summed E-state index contributed by atoms with van der Waals surface area (Å²) in [7, 11) is -2.22. The maximum Gasteiger partial charge on any atom is 0.408 e. The summed E-state index contributed by atoms with van der Waals surface area (Å²) in [5, 5.41) is 23.1. The second-order valence-electron chi connectivity index (χ2n) is 12.8. The topological polar surface area (TPSA) is 105 Å². The van der Waals surface area contributed by atoms with Crippen molar-refractivity contribution < 1.29 is 29.0 Å². The van der Waals surface area contributed by atoms with Crippen LogP contribution in [0.1, 0.15) is 115 Å². The van der Waals surface area contributed by atoms with Crippen LogP contribution < -0.4 is 5.32 Å². The van der Waals surface area contributed by atoms with Crippen LogP contribution in [0, 0.1) is 11.8 Å². The van der Waals surface area contributed by atoms with Gasteiger partial charge in [0.25, 0.3) is 0 Å². The van der Waals surface area contributed by atoms with Gasteiger partial charge in [-0.05, 0) is 75.4 Å². The minimum absolute atomic E-state index is 0.103. The summed E-state index contributed by atoms with van der Waals surface area (Å²) in [6, 6.07) is -1.02. The fourth-order valence-electron chi connectivity index (χ4n) is 5.54. The number of rotatable bonds is 16. The van der Waals surface area contributed by atoms with Crippen molar-refractivity contribution in [1.29, 1.82) is 0 Å². The van der Waals surface area contributed by atoms with Crippen LogP contribution >= 0.6 is 0 Å². The van der Waals surface area contributed by atoms with Crippen LogP contribution in [0.25, 0.3) is 0 Å². The number of nitrogens with one attached hydrogen (secondary N) is 1. The number of ether oxygens (including phenoxy) is 1. The Hall–Kier alpha value is -1.12. The standard InChI is InChI=1S/C28H57NO6Si/c1-18(2)16-17-23(14-13-15-24(26(31)32)29-27(33)34-28(10,11)12)25(22(9)30)35-36(19(3)4,20(5)6)21(7)8/h18-25,30H,13-17H2,1-12H3,(H,29,33)(H,31,32). The highest BCUT2D eigenvalue weighted by Gasteiger charge is 2.48. The van der Waals surface area contributed by atoms with E-state index in [1.54, 1.807) is 20.8 Å². The van der Waals surface area contributed by atoms with E-state index < -0.39 is 38.1 Å². The van der Waals surface area contributed by atoms with Crippen LogP contribution in [0.2, 0.25) is 16.6 Å². The Morgan fingerprint density at radius 2 is 1.33 bits per heavy atom. The van der Waals surface area contributed by atoms with Crippen LogP contribution in [0.3, 0.4) is 0 Å². The van der Waals surface area contributed by atoms with E-state index in [1.165, 1.54) is 0 Å². The first-order valence-corrected chi connectivity index (χ1v) is 16.1. The number of carboxylic acids is 1. The average Bonchev–Trinajstić information content (AvgIpc) is 2.68. The predicted molar refractivity (Wildman–Crippen MR) is 150 cm³/mol. The summed E-state index contributed by atoms with van der Waals surface area (Å²) in [4.78, 5) is 24.0. The second-order valence-corrected chi connectivity index (χ2v) is 18.2. The van der Waals surface area contributed by atoms with E-state index in [0.717, 1.165) is 19.3 Å². The number of carbonyl (C=O) groups is 2. The first kappa shape index (κ1) is 34.9. The molecule has 0 aliphatic heterocycles. The third kappa shape index (κ3) is 11.5. The summed E-state index contributed by atoms with van der Waals surface area (Å²) in [6.45, 7) is 24.9. The molecule has 0 aliphatic carbocycles. The Balaban J connectivity index is 5.73. The number of aliphatic carboxylic acids is 1. The molecule has 0 aromatic rings. The van der Waals surface area contributed by atoms with Gasteiger partial charge >= 0.3 is 12.1 Å². The highest BCUT2D eigenvalue weighted by atomic mass is 28.4. The molecule has 0 saturated heterocycles. The Labute approximate surface area is 222 Å². The summed E-state index contributed by atoms with van der Waals surface area (Å²) in [6.07, 6.45) is 1.88. The highest BCUT2D eigenvalue weighted by molar-refractivity contribution is 6.77. The lowest BCUT2D eigenvalue weighted by Crippen LogP contribution is -2.53. The largest absolute Gasteiger partial charge is 0.480 e. The molecule has 214 valence electrons. The van der Waals surface area contributed by atoms with Crippen molar-refractivity contribution in [3.63, 3.8) is 0 Å². The van der Waals surface area contributed by atoms with E-state index in [-0.39, 0.29) is 12.0 Å². The van der Waals surface area contributed by atoms with Gasteiger partial charge < -0.3 is 24.7 Å². The molecule has 0 spiro atoms. The smallest absolute Gasteiger partial charge is 0.408 e. The predicted octanol–water partition coefficient (Wildman–Crippen LogP) is 7.13. The maximum absolute atomic E-state index is 12.1. The minimum Gasteiger partial charge on any atom is -0.480 e. The molecular weight excluding hydrogens is 474 g/mol. The lowest BCUT2D eigenvalue weighted by molar-refractivity contribution is -0.139. The molecule has 0 bridgehead atoms. The first-order valence-electron chi connectivity index (χ1n) is 13.9. The number of carboxylic acid groups (broad SMARTS) is 1. The normalized spacial score (nSPS) is 16.4. The molecule has 0 heterocycles. The molecule has 4 atom stereocenters. The van der Waals surface area contributed by atoms with E-state index in [4.69, 9.17) is 9.16 Å². The van der Waals surface area contributed by atoms with E-state index in [0.29, 0.717) is 35.4 Å². The number of hydrogen-bond donors (Lipinski definition) is 3. The maximum atomic E-state index is 12.1. The van der Waals surface area contributed by atoms with Crippen molar-refractivity contribution in [3.8, 4) is 0 Å². The Morgan fingerprint density at radius 3 is 1.69 bits per heavy atom. The van der Waals surface area contributed by atoms with Crippen molar-refractivity contribution >= 4 is 20.4 Å². The average molecular weight is 532 g/mol. The monoisotopic (exact) mass is 531 g/mol. The van der Waals surface area contributed by atoms with Gasteiger partial charge in [0.05, 0.1) is 12.2 Å². The Kier molecular flexibility index (Phi) is 14.8. The van der Waals surface area contributed by atoms with Gasteiger partial charge in [0, 0.05) is 0 Å². The summed E-state index contributed by atoms with van der Waals surface area (Å²) in [5.41, 5.74) is 0.507. The van der Waals surface area contributed by atoms with E-state index in [1.807, 2.05) is 6.92 Å². The van der Waals surface area contributed by atoms with Crippen LogP contribution in [0.15, 0.2) is 0 Å². The minimum atomic E-state index is -2.22. The third-order valence-electron chi connectivity index (χ3n) is 7.16. The van der Waals surface area contributed by atoms with Crippen molar-refractivity contribution in [3.05, 3.63) is 0 Å². The van der Waals surface area contributed by atoms with Crippen LogP contribution in [0.4, 0.5) is 4.79 Å². The number of amides is 1. The zero-order valence-corrected chi connectivity index (χ0v) is 26.2. The fraction of sp³-hybridized carbons (Fsp3) is 0.929. The SMILES string of the molecule is CC(C)CCC(CCCC(NC(=O)OC(C)(C)C)C(=O)O)C(O[Si](C(C)C)(C(C)C)C(C)C)C(C)O. The van der Waals surface area contributed by atoms with Crippen LogP contribution in [-0.2, 0) is 14.0 Å². The van der Waals surface area contributed by atoms with Gasteiger partial charge in [0.15, 0.2) is 0 Å². The van der Waals surface area contributed by atoms with Crippen molar-refractivity contribution in [2.75, 3.05) is 0 Å². The van der Waals surface area contributed by atoms with Crippen molar-refractivity contribution in [2.24, 2.45) is 11.8 Å². The molecule has 0 aromatic heterocycles. The van der Waals surface area contributed by atoms with Crippen LogP contribution in [0.5, 0.6) is 0 Å². The molecule has 0 rings (SSSR count). The number of carbonyl (C=O) groups excluding carboxylic acids is 1. The first-order chi connectivity index (χ1) is 16.3. The van der Waals surface area contributed by atoms with Gasteiger partial charge in [-0.25, -0.2) is 9.59 Å². The van der Waals surface area contributed by atoms with Crippen LogP contribution in [-0.4, -0.2) is 54.4 Å². The van der Waals surface area contributed by atoms with Crippen molar-refractivity contribution in [1.82, 2.24) is 5.32 Å². The summed E-state index contributed by atoms with van der Waals surface area (Å²) < 4.78 is 12.3. The molecule has 0 radical (unpaired) electrons. The molecule has 3 N–H and O–H groups in total. The molecule has 0 aromatic carbocycles. The van der Waals surface area contributed by atoms with Crippen molar-refractivity contribution in [2.45, 2.75) is 156 Å². The van der Waals surface area contributed by atoms with E-state index >= 15 is 0 Å². The van der Waals surface area contributed by atoms with Gasteiger partial charge in [-0.1, -0.05) is 68.2 Å². The molecule has 0 fully saturated rings. The number of aliphatic hydroxyl groups is 1. The third-order valence-corrected chi connectivity index (χ3v) is 13.3. The van der Waals surface area contributed by atoms with Gasteiger partial charge in [0.2, 0.25) is 8.32 Å². The fourth-order valence-corrected chi connectivity index (χ4v) is 11.2. The number of hydrogen-bond acceptors (Lipinski definition) is 5. The molecule has 1 amide bonds. The number of alkyl carbamates (subject to hydrolysis) is 1. The Morgan fingerprint density at radius 1 is 0.833 bits per heavy atom. The second kappa shape index (κ2) is 15.3. The summed E-state index contributed by atoms with van der Waals surface area (Å²) >= 11 is 0. The molecule has 4 unspecified atom stereocenters. The molecule has 36 heavy (non-hydrogen) atoms. The molecule has 0 aliphatic rings. The van der Waals surface area contributed by atoms with E-state index in [9.17, 15) is 19.8 Å². The zero-order chi connectivity index (χ0) is 28.4. The van der Waals surface area contributed by atoms with Gasteiger partial charge in [0.1, 0.15) is 11.6 Å².